The van der Waals surface area contributed by atoms with Crippen LogP contribution in [0.1, 0.15) is 43.0 Å². The van der Waals surface area contributed by atoms with Crippen LogP contribution in [0.15, 0.2) is 36.4 Å². The van der Waals surface area contributed by atoms with E-state index in [1.807, 2.05) is 30.3 Å². The summed E-state index contributed by atoms with van der Waals surface area (Å²) in [6, 6.07) is 10.9. The van der Waals surface area contributed by atoms with Crippen molar-refractivity contribution in [3.8, 4) is 5.75 Å². The van der Waals surface area contributed by atoms with Gasteiger partial charge in [0.15, 0.2) is 0 Å². The second kappa shape index (κ2) is 5.76. The minimum Gasteiger partial charge on any atom is -0.507 e. The second-order valence-electron chi connectivity index (χ2n) is 5.97. The summed E-state index contributed by atoms with van der Waals surface area (Å²) in [5, 5.41) is 11.7. The lowest BCUT2D eigenvalue weighted by Crippen LogP contribution is -2.23. The van der Waals surface area contributed by atoms with Crippen LogP contribution >= 0.6 is 0 Å². The van der Waals surface area contributed by atoms with Gasteiger partial charge in [0.2, 0.25) is 0 Å². The van der Waals surface area contributed by atoms with Gasteiger partial charge in [-0.05, 0) is 48.4 Å². The topological polar surface area (TPSA) is 46.5 Å². The summed E-state index contributed by atoms with van der Waals surface area (Å²) in [7, 11) is 0. The highest BCUT2D eigenvalue weighted by molar-refractivity contribution is 6.07. The molecule has 0 atom stereocenters. The van der Waals surface area contributed by atoms with Crippen molar-refractivity contribution in [2.75, 3.05) is 0 Å². The number of hydrogen-bond donors (Lipinski definition) is 1. The number of esters is 1. The Morgan fingerprint density at radius 1 is 1.10 bits per heavy atom. The first kappa shape index (κ1) is 13.9. The summed E-state index contributed by atoms with van der Waals surface area (Å²) in [5.74, 6) is 0.289. The number of ether oxygens (including phenoxy) is 1. The Morgan fingerprint density at radius 3 is 2.57 bits per heavy atom. The normalized spacial score (nSPS) is 22.1. The Morgan fingerprint density at radius 2 is 1.81 bits per heavy atom. The Hall–Kier alpha value is -2.03. The molecule has 1 N–H and O–H groups in total. The average Bonchev–Trinajstić information content (AvgIpc) is 2.49. The van der Waals surface area contributed by atoms with E-state index in [-0.39, 0.29) is 17.4 Å². The van der Waals surface area contributed by atoms with E-state index in [2.05, 4.69) is 6.92 Å². The molecule has 1 saturated carbocycles. The van der Waals surface area contributed by atoms with Crippen molar-refractivity contribution in [1.82, 2.24) is 0 Å². The van der Waals surface area contributed by atoms with Crippen molar-refractivity contribution in [1.29, 1.82) is 0 Å². The molecule has 0 bridgehead atoms. The Balaban J connectivity index is 1.86. The smallest absolute Gasteiger partial charge is 0.342 e. The zero-order valence-corrected chi connectivity index (χ0v) is 12.2. The average molecular weight is 284 g/mol. The van der Waals surface area contributed by atoms with Crippen molar-refractivity contribution in [3.05, 3.63) is 42.0 Å². The molecule has 3 nitrogen and oxygen atoms in total. The SMILES string of the molecule is CC1CCC(OC(=O)c2c(O)ccc3ccccc23)CC1. The van der Waals surface area contributed by atoms with Crippen molar-refractivity contribution in [3.63, 3.8) is 0 Å². The predicted molar refractivity (Wildman–Crippen MR) is 82.4 cm³/mol. The molecule has 0 heterocycles. The highest BCUT2D eigenvalue weighted by Crippen LogP contribution is 2.30. The lowest BCUT2D eigenvalue weighted by molar-refractivity contribution is 0.0173. The third-order valence-corrected chi connectivity index (χ3v) is 4.35. The molecule has 1 aliphatic rings. The Bertz CT molecular complexity index is 655. The van der Waals surface area contributed by atoms with Gasteiger partial charge in [-0.25, -0.2) is 4.79 Å². The van der Waals surface area contributed by atoms with Gasteiger partial charge in [-0.1, -0.05) is 37.3 Å². The number of benzene rings is 2. The quantitative estimate of drug-likeness (QED) is 0.837. The summed E-state index contributed by atoms with van der Waals surface area (Å²) < 4.78 is 5.62. The van der Waals surface area contributed by atoms with E-state index >= 15 is 0 Å². The maximum Gasteiger partial charge on any atom is 0.342 e. The second-order valence-corrected chi connectivity index (χ2v) is 5.97. The van der Waals surface area contributed by atoms with Crippen LogP contribution in [0, 0.1) is 5.92 Å². The van der Waals surface area contributed by atoms with Crippen LogP contribution in [0.25, 0.3) is 10.8 Å². The van der Waals surface area contributed by atoms with Crippen LogP contribution in [0.2, 0.25) is 0 Å². The van der Waals surface area contributed by atoms with Gasteiger partial charge in [-0.2, -0.15) is 0 Å². The monoisotopic (exact) mass is 284 g/mol. The van der Waals surface area contributed by atoms with E-state index in [0.29, 0.717) is 5.92 Å². The number of rotatable bonds is 2. The van der Waals surface area contributed by atoms with Crippen LogP contribution in [-0.4, -0.2) is 17.2 Å². The molecule has 21 heavy (non-hydrogen) atoms. The first-order valence-corrected chi connectivity index (χ1v) is 7.57. The Kier molecular flexibility index (Phi) is 3.82. The largest absolute Gasteiger partial charge is 0.507 e. The van der Waals surface area contributed by atoms with E-state index in [4.69, 9.17) is 4.74 Å². The maximum absolute atomic E-state index is 12.4. The van der Waals surface area contributed by atoms with Gasteiger partial charge < -0.3 is 9.84 Å². The fourth-order valence-electron chi connectivity index (χ4n) is 3.03. The summed E-state index contributed by atoms with van der Waals surface area (Å²) in [6.45, 7) is 2.23. The van der Waals surface area contributed by atoms with Crippen LogP contribution in [0.4, 0.5) is 0 Å². The highest BCUT2D eigenvalue weighted by atomic mass is 16.5. The zero-order chi connectivity index (χ0) is 14.8. The van der Waals surface area contributed by atoms with Crippen molar-refractivity contribution >= 4 is 16.7 Å². The minimum absolute atomic E-state index is 0.0112. The van der Waals surface area contributed by atoms with Gasteiger partial charge in [0.1, 0.15) is 17.4 Å². The van der Waals surface area contributed by atoms with Crippen LogP contribution in [-0.2, 0) is 4.74 Å². The molecule has 2 aromatic rings. The molecule has 1 aliphatic carbocycles. The van der Waals surface area contributed by atoms with Gasteiger partial charge in [0, 0.05) is 0 Å². The van der Waals surface area contributed by atoms with Crippen molar-refractivity contribution < 1.29 is 14.6 Å². The van der Waals surface area contributed by atoms with Crippen molar-refractivity contribution in [2.45, 2.75) is 38.7 Å². The molecule has 0 spiro atoms. The van der Waals surface area contributed by atoms with Gasteiger partial charge in [0.05, 0.1) is 0 Å². The summed E-state index contributed by atoms with van der Waals surface area (Å²) in [4.78, 5) is 12.4. The fraction of sp³-hybridized carbons (Fsp3) is 0.389. The maximum atomic E-state index is 12.4. The number of hydrogen-bond acceptors (Lipinski definition) is 3. The molecule has 0 amide bonds. The molecule has 0 aliphatic heterocycles. The van der Waals surface area contributed by atoms with Gasteiger partial charge in [-0.3, -0.25) is 0 Å². The number of phenolic OH excluding ortho intramolecular Hbond substituents is 1. The van der Waals surface area contributed by atoms with E-state index in [9.17, 15) is 9.90 Å². The van der Waals surface area contributed by atoms with E-state index in [1.165, 1.54) is 0 Å². The summed E-state index contributed by atoms with van der Waals surface area (Å²) >= 11 is 0. The summed E-state index contributed by atoms with van der Waals surface area (Å²) in [6.07, 6.45) is 4.00. The Labute approximate surface area is 124 Å². The molecule has 0 radical (unpaired) electrons. The van der Waals surface area contributed by atoms with E-state index in [0.717, 1.165) is 36.5 Å². The third kappa shape index (κ3) is 2.87. The van der Waals surface area contributed by atoms with Crippen molar-refractivity contribution in [2.24, 2.45) is 5.92 Å². The zero-order valence-electron chi connectivity index (χ0n) is 12.2. The molecule has 0 unspecified atom stereocenters. The number of fused-ring (bicyclic) bond motifs is 1. The summed E-state index contributed by atoms with van der Waals surface area (Å²) in [5.41, 5.74) is 0.284. The van der Waals surface area contributed by atoms with Gasteiger partial charge >= 0.3 is 5.97 Å². The molecule has 110 valence electrons. The van der Waals surface area contributed by atoms with E-state index in [1.54, 1.807) is 6.07 Å². The molecule has 0 saturated heterocycles. The lowest BCUT2D eigenvalue weighted by atomic mass is 9.89. The number of phenols is 1. The van der Waals surface area contributed by atoms with Gasteiger partial charge in [-0.15, -0.1) is 0 Å². The molecule has 1 fully saturated rings. The molecule has 3 heteroatoms. The van der Waals surface area contributed by atoms with Gasteiger partial charge in [0.25, 0.3) is 0 Å². The van der Waals surface area contributed by atoms with E-state index < -0.39 is 5.97 Å². The minimum atomic E-state index is -0.413. The van der Waals surface area contributed by atoms with Crippen LogP contribution in [0.3, 0.4) is 0 Å². The predicted octanol–water partition coefficient (Wildman–Crippen LogP) is 4.28. The fourth-order valence-corrected chi connectivity index (χ4v) is 3.03. The standard InChI is InChI=1S/C18H20O3/c1-12-6-9-14(10-7-12)21-18(20)17-15-5-3-2-4-13(15)8-11-16(17)19/h2-5,8,11-12,14,19H,6-7,9-10H2,1H3. The first-order valence-electron chi connectivity index (χ1n) is 7.57. The number of aromatic hydroxyl groups is 1. The molecular formula is C18H20O3. The van der Waals surface area contributed by atoms with Crippen LogP contribution < -0.4 is 0 Å². The molecule has 2 aromatic carbocycles. The molecular weight excluding hydrogens is 264 g/mol. The molecule has 3 rings (SSSR count). The molecule has 0 aromatic heterocycles. The first-order chi connectivity index (χ1) is 10.1. The third-order valence-electron chi connectivity index (χ3n) is 4.35. The lowest BCUT2D eigenvalue weighted by Gasteiger charge is -2.26. The van der Waals surface area contributed by atoms with Crippen LogP contribution in [0.5, 0.6) is 5.75 Å². The highest BCUT2D eigenvalue weighted by Gasteiger charge is 2.24. The number of carbonyl (C=O) groups is 1. The number of carbonyl (C=O) groups excluding carboxylic acids is 1.